The normalized spacial score (nSPS) is 11.8. The van der Waals surface area contributed by atoms with Gasteiger partial charge in [-0.05, 0) is 18.6 Å². The molecule has 0 radical (unpaired) electrons. The molecule has 0 fully saturated rings. The van der Waals surface area contributed by atoms with E-state index >= 15 is 0 Å². The molecule has 104 valence electrons. The second-order valence-corrected chi connectivity index (χ2v) is 5.69. The van der Waals surface area contributed by atoms with Crippen LogP contribution >= 0.6 is 0 Å². The van der Waals surface area contributed by atoms with E-state index < -0.39 is 10.0 Å². The lowest BCUT2D eigenvalue weighted by Crippen LogP contribution is -2.22. The molecule has 0 unspecified atom stereocenters. The zero-order chi connectivity index (χ0) is 13.7. The van der Waals surface area contributed by atoms with Crippen molar-refractivity contribution < 1.29 is 17.9 Å². The van der Waals surface area contributed by atoms with Crippen molar-refractivity contribution >= 4 is 10.0 Å². The summed E-state index contributed by atoms with van der Waals surface area (Å²) in [4.78, 5) is 0.0944. The third-order valence-electron chi connectivity index (χ3n) is 2.48. The van der Waals surface area contributed by atoms with Crippen molar-refractivity contribution in [1.82, 2.24) is 14.5 Å². The van der Waals surface area contributed by atoms with E-state index in [0.29, 0.717) is 18.7 Å². The van der Waals surface area contributed by atoms with Crippen LogP contribution in [-0.2, 0) is 23.1 Å². The highest BCUT2D eigenvalue weighted by atomic mass is 32.2. The van der Waals surface area contributed by atoms with Crippen molar-refractivity contribution in [2.45, 2.75) is 24.4 Å². The molecule has 0 spiro atoms. The fourth-order valence-electron chi connectivity index (χ4n) is 1.50. The molecule has 2 rings (SSSR count). The number of aliphatic hydroxyl groups is 1. The van der Waals surface area contributed by atoms with Gasteiger partial charge in [-0.15, -0.1) is 0 Å². The number of nitrogens with zero attached hydrogens (tertiary/aromatic N) is 2. The molecule has 2 aromatic rings. The minimum absolute atomic E-state index is 0.0404. The van der Waals surface area contributed by atoms with Crippen LogP contribution in [0.1, 0.15) is 12.2 Å². The van der Waals surface area contributed by atoms with Crippen LogP contribution in [0.5, 0.6) is 0 Å². The van der Waals surface area contributed by atoms with Gasteiger partial charge >= 0.3 is 0 Å². The van der Waals surface area contributed by atoms with E-state index in [-0.39, 0.29) is 18.0 Å². The highest BCUT2D eigenvalue weighted by Gasteiger charge is 2.16. The number of sulfonamides is 1. The maximum atomic E-state index is 12.0. The highest BCUT2D eigenvalue weighted by molar-refractivity contribution is 7.89. The number of nitrogens with one attached hydrogen (secondary N) is 1. The summed E-state index contributed by atoms with van der Waals surface area (Å²) in [7, 11) is -3.60. The van der Waals surface area contributed by atoms with E-state index in [4.69, 9.17) is 9.52 Å². The molecule has 2 N–H and O–H groups in total. The summed E-state index contributed by atoms with van der Waals surface area (Å²) in [5, 5.41) is 12.6. The van der Waals surface area contributed by atoms with E-state index in [1.165, 1.54) is 23.3 Å². The molecule has 2 heterocycles. The lowest BCUT2D eigenvalue weighted by atomic mass is 10.5. The Hall–Kier alpha value is -1.64. The van der Waals surface area contributed by atoms with Crippen molar-refractivity contribution in [2.24, 2.45) is 0 Å². The Morgan fingerprint density at radius 2 is 2.32 bits per heavy atom. The molecule has 0 atom stereocenters. The number of aliphatic hydroxyl groups excluding tert-OH is 1. The monoisotopic (exact) mass is 285 g/mol. The van der Waals surface area contributed by atoms with Gasteiger partial charge in [-0.2, -0.15) is 5.10 Å². The van der Waals surface area contributed by atoms with Crippen molar-refractivity contribution in [1.29, 1.82) is 0 Å². The summed E-state index contributed by atoms with van der Waals surface area (Å²) in [6.07, 6.45) is 4.72. The van der Waals surface area contributed by atoms with E-state index in [1.807, 2.05) is 0 Å². The Morgan fingerprint density at radius 1 is 1.47 bits per heavy atom. The molecule has 0 aliphatic rings. The van der Waals surface area contributed by atoms with Gasteiger partial charge in [-0.1, -0.05) is 0 Å². The van der Waals surface area contributed by atoms with Gasteiger partial charge in [0.25, 0.3) is 0 Å². The maximum Gasteiger partial charge on any atom is 0.244 e. The average Bonchev–Trinajstić information content (AvgIpc) is 3.05. The van der Waals surface area contributed by atoms with Crippen LogP contribution in [0.3, 0.4) is 0 Å². The van der Waals surface area contributed by atoms with Gasteiger partial charge in [0.15, 0.2) is 0 Å². The van der Waals surface area contributed by atoms with Gasteiger partial charge in [-0.3, -0.25) is 4.68 Å². The number of furan rings is 1. The Bertz CT molecular complexity index is 604. The first-order valence-electron chi connectivity index (χ1n) is 5.77. The van der Waals surface area contributed by atoms with Crippen LogP contribution in [0.4, 0.5) is 0 Å². The quantitative estimate of drug-likeness (QED) is 0.764. The lowest BCUT2D eigenvalue weighted by Gasteiger charge is -2.02. The van der Waals surface area contributed by atoms with Gasteiger partial charge in [0, 0.05) is 19.3 Å². The third-order valence-corrected chi connectivity index (χ3v) is 3.84. The van der Waals surface area contributed by atoms with E-state index in [0.717, 1.165) is 0 Å². The van der Waals surface area contributed by atoms with Crippen molar-refractivity contribution in [3.8, 4) is 0 Å². The molecule has 0 aromatic carbocycles. The van der Waals surface area contributed by atoms with Crippen LogP contribution in [-0.4, -0.2) is 29.9 Å². The van der Waals surface area contributed by atoms with Crippen molar-refractivity contribution in [2.75, 3.05) is 6.61 Å². The predicted molar refractivity (Wildman–Crippen MR) is 66.7 cm³/mol. The van der Waals surface area contributed by atoms with Crippen LogP contribution in [0.15, 0.2) is 40.1 Å². The first-order valence-corrected chi connectivity index (χ1v) is 7.25. The molecular weight excluding hydrogens is 270 g/mol. The summed E-state index contributed by atoms with van der Waals surface area (Å²) in [6.45, 7) is 0.611. The van der Waals surface area contributed by atoms with Gasteiger partial charge < -0.3 is 9.52 Å². The van der Waals surface area contributed by atoms with Crippen LogP contribution in [0.25, 0.3) is 0 Å². The van der Waals surface area contributed by atoms with Gasteiger partial charge in [0.1, 0.15) is 10.7 Å². The van der Waals surface area contributed by atoms with Gasteiger partial charge in [0.05, 0.1) is 19.0 Å². The Labute approximate surface area is 110 Å². The molecular formula is C11H15N3O4S. The molecule has 0 bridgehead atoms. The van der Waals surface area contributed by atoms with Crippen LogP contribution in [0, 0.1) is 0 Å². The van der Waals surface area contributed by atoms with E-state index in [9.17, 15) is 8.42 Å². The molecule has 19 heavy (non-hydrogen) atoms. The maximum absolute atomic E-state index is 12.0. The topological polar surface area (TPSA) is 97.4 Å². The minimum atomic E-state index is -3.60. The molecule has 0 aliphatic carbocycles. The second kappa shape index (κ2) is 6.00. The average molecular weight is 285 g/mol. The largest absolute Gasteiger partial charge is 0.468 e. The van der Waals surface area contributed by atoms with Crippen molar-refractivity contribution in [3.63, 3.8) is 0 Å². The first-order chi connectivity index (χ1) is 9.12. The number of aromatic nitrogens is 2. The number of aryl methyl sites for hydroxylation is 1. The van der Waals surface area contributed by atoms with E-state index in [2.05, 4.69) is 9.82 Å². The van der Waals surface area contributed by atoms with Gasteiger partial charge in [0.2, 0.25) is 10.0 Å². The van der Waals surface area contributed by atoms with Crippen LogP contribution < -0.4 is 4.72 Å². The third kappa shape index (κ3) is 3.66. The fourth-order valence-corrected chi connectivity index (χ4v) is 2.45. The molecule has 0 aliphatic heterocycles. The zero-order valence-electron chi connectivity index (χ0n) is 10.2. The molecule has 0 saturated carbocycles. The summed E-state index contributed by atoms with van der Waals surface area (Å²) >= 11 is 0. The standard InChI is InChI=1S/C11H15N3O4S/c15-5-2-4-14-9-11(8-12-14)19(16,17)13-7-10-3-1-6-18-10/h1,3,6,8-9,13,15H,2,4-5,7H2. The fraction of sp³-hybridized carbons (Fsp3) is 0.364. The second-order valence-electron chi connectivity index (χ2n) is 3.92. The SMILES string of the molecule is O=S(=O)(NCc1ccco1)c1cnn(CCCO)c1. The van der Waals surface area contributed by atoms with E-state index in [1.54, 1.807) is 12.1 Å². The van der Waals surface area contributed by atoms with Gasteiger partial charge in [-0.25, -0.2) is 13.1 Å². The Morgan fingerprint density at radius 3 is 3.00 bits per heavy atom. The highest BCUT2D eigenvalue weighted by Crippen LogP contribution is 2.09. The Kier molecular flexibility index (Phi) is 4.35. The summed E-state index contributed by atoms with van der Waals surface area (Å²) < 4.78 is 32.9. The molecule has 0 saturated heterocycles. The molecule has 8 heteroatoms. The molecule has 2 aromatic heterocycles. The molecule has 0 amide bonds. The number of hydrogen-bond donors (Lipinski definition) is 2. The summed E-state index contributed by atoms with van der Waals surface area (Å²) in [5.41, 5.74) is 0. The van der Waals surface area contributed by atoms with Crippen LogP contribution in [0.2, 0.25) is 0 Å². The summed E-state index contributed by atoms with van der Waals surface area (Å²) in [5.74, 6) is 0.538. The minimum Gasteiger partial charge on any atom is -0.468 e. The number of rotatable bonds is 7. The summed E-state index contributed by atoms with van der Waals surface area (Å²) in [6, 6.07) is 3.38. The smallest absolute Gasteiger partial charge is 0.244 e. The first kappa shape index (κ1) is 13.8. The zero-order valence-corrected chi connectivity index (χ0v) is 11.0. The Balaban J connectivity index is 2.00. The van der Waals surface area contributed by atoms with Crippen molar-refractivity contribution in [3.05, 3.63) is 36.5 Å². The lowest BCUT2D eigenvalue weighted by molar-refractivity contribution is 0.277. The number of hydrogen-bond acceptors (Lipinski definition) is 5. The molecule has 7 nitrogen and oxygen atoms in total. The predicted octanol–water partition coefficient (Wildman–Crippen LogP) is 0.337.